The first-order valence-electron chi connectivity index (χ1n) is 6.91. The lowest BCUT2D eigenvalue weighted by Crippen LogP contribution is -2.23. The van der Waals surface area contributed by atoms with E-state index in [2.05, 4.69) is 53.6 Å². The molecule has 4 nitrogen and oxygen atoms in total. The SMILES string of the molecule is CCNC(CSc1nnc(C)n1C)c1ccccc1C. The molecule has 1 N–H and O–H groups in total. The van der Waals surface area contributed by atoms with Crippen molar-refractivity contribution in [2.75, 3.05) is 12.3 Å². The summed E-state index contributed by atoms with van der Waals surface area (Å²) in [6, 6.07) is 8.88. The Morgan fingerprint density at radius 2 is 2.00 bits per heavy atom. The fraction of sp³-hybridized carbons (Fsp3) is 0.467. The quantitative estimate of drug-likeness (QED) is 0.831. The molecule has 0 spiro atoms. The van der Waals surface area contributed by atoms with Gasteiger partial charge in [0.15, 0.2) is 5.16 Å². The summed E-state index contributed by atoms with van der Waals surface area (Å²) >= 11 is 1.75. The molecule has 0 aliphatic rings. The lowest BCUT2D eigenvalue weighted by molar-refractivity contribution is 0.602. The van der Waals surface area contributed by atoms with E-state index in [9.17, 15) is 0 Å². The van der Waals surface area contributed by atoms with Crippen LogP contribution < -0.4 is 5.32 Å². The molecule has 5 heteroatoms. The topological polar surface area (TPSA) is 42.7 Å². The Morgan fingerprint density at radius 3 is 2.60 bits per heavy atom. The zero-order valence-corrected chi connectivity index (χ0v) is 13.4. The van der Waals surface area contributed by atoms with Crippen LogP contribution in [0.5, 0.6) is 0 Å². The number of nitrogens with zero attached hydrogens (tertiary/aromatic N) is 3. The fourth-order valence-electron chi connectivity index (χ4n) is 2.15. The van der Waals surface area contributed by atoms with Gasteiger partial charge in [-0.3, -0.25) is 0 Å². The molecule has 0 aliphatic heterocycles. The van der Waals surface area contributed by atoms with Crippen LogP contribution in [0.25, 0.3) is 0 Å². The van der Waals surface area contributed by atoms with Crippen LogP contribution in [0, 0.1) is 13.8 Å². The maximum Gasteiger partial charge on any atom is 0.191 e. The van der Waals surface area contributed by atoms with Crippen LogP contribution in [0.15, 0.2) is 29.4 Å². The third kappa shape index (κ3) is 3.41. The number of benzene rings is 1. The average Bonchev–Trinajstić information content (AvgIpc) is 2.76. The highest BCUT2D eigenvalue weighted by Gasteiger charge is 2.15. The summed E-state index contributed by atoms with van der Waals surface area (Å²) in [4.78, 5) is 0. The zero-order chi connectivity index (χ0) is 14.5. The van der Waals surface area contributed by atoms with Gasteiger partial charge in [-0.05, 0) is 31.5 Å². The second-order valence-electron chi connectivity index (χ2n) is 4.87. The normalized spacial score (nSPS) is 12.6. The van der Waals surface area contributed by atoms with Gasteiger partial charge in [0.1, 0.15) is 5.82 Å². The van der Waals surface area contributed by atoms with E-state index >= 15 is 0 Å². The summed E-state index contributed by atoms with van der Waals surface area (Å²) in [5.41, 5.74) is 2.69. The lowest BCUT2D eigenvalue weighted by Gasteiger charge is -2.19. The van der Waals surface area contributed by atoms with E-state index in [0.717, 1.165) is 23.3 Å². The van der Waals surface area contributed by atoms with Gasteiger partial charge in [0, 0.05) is 18.8 Å². The van der Waals surface area contributed by atoms with Crippen molar-refractivity contribution in [3.63, 3.8) is 0 Å². The smallest absolute Gasteiger partial charge is 0.191 e. The number of nitrogens with one attached hydrogen (secondary N) is 1. The Bertz CT molecular complexity index is 565. The molecular weight excluding hydrogens is 268 g/mol. The molecular formula is C15H22N4S. The van der Waals surface area contributed by atoms with Crippen molar-refractivity contribution in [1.29, 1.82) is 0 Å². The van der Waals surface area contributed by atoms with Gasteiger partial charge in [0.2, 0.25) is 0 Å². The average molecular weight is 290 g/mol. The van der Waals surface area contributed by atoms with Crippen LogP contribution in [0.3, 0.4) is 0 Å². The molecule has 0 bridgehead atoms. The van der Waals surface area contributed by atoms with Crippen LogP contribution in [0.2, 0.25) is 0 Å². The molecule has 1 atom stereocenters. The van der Waals surface area contributed by atoms with Crippen molar-refractivity contribution in [2.45, 2.75) is 32.0 Å². The zero-order valence-electron chi connectivity index (χ0n) is 12.6. The summed E-state index contributed by atoms with van der Waals surface area (Å²) in [5.74, 6) is 1.90. The fourth-order valence-corrected chi connectivity index (χ4v) is 3.19. The number of aryl methyl sites for hydroxylation is 2. The van der Waals surface area contributed by atoms with Crippen LogP contribution in [0.4, 0.5) is 0 Å². The number of aromatic nitrogens is 3. The highest BCUT2D eigenvalue weighted by atomic mass is 32.2. The highest BCUT2D eigenvalue weighted by molar-refractivity contribution is 7.99. The Labute approximate surface area is 125 Å². The molecule has 1 unspecified atom stereocenters. The van der Waals surface area contributed by atoms with Gasteiger partial charge in [-0.25, -0.2) is 0 Å². The van der Waals surface area contributed by atoms with Crippen LogP contribution >= 0.6 is 11.8 Å². The van der Waals surface area contributed by atoms with Crippen molar-refractivity contribution < 1.29 is 0 Å². The summed E-state index contributed by atoms with van der Waals surface area (Å²) in [6.07, 6.45) is 0. The van der Waals surface area contributed by atoms with Crippen LogP contribution in [-0.4, -0.2) is 27.1 Å². The van der Waals surface area contributed by atoms with Gasteiger partial charge in [0.05, 0.1) is 0 Å². The molecule has 0 saturated heterocycles. The van der Waals surface area contributed by atoms with E-state index in [1.165, 1.54) is 11.1 Å². The number of thioether (sulfide) groups is 1. The minimum atomic E-state index is 0.336. The van der Waals surface area contributed by atoms with E-state index in [4.69, 9.17) is 0 Å². The van der Waals surface area contributed by atoms with Crippen molar-refractivity contribution in [1.82, 2.24) is 20.1 Å². The van der Waals surface area contributed by atoms with Crippen molar-refractivity contribution in [3.05, 3.63) is 41.2 Å². The predicted molar refractivity (Wildman–Crippen MR) is 84.1 cm³/mol. The van der Waals surface area contributed by atoms with E-state index in [1.54, 1.807) is 11.8 Å². The van der Waals surface area contributed by atoms with Gasteiger partial charge < -0.3 is 9.88 Å². The van der Waals surface area contributed by atoms with E-state index in [1.807, 2.05) is 18.5 Å². The van der Waals surface area contributed by atoms with Gasteiger partial charge in [-0.1, -0.05) is 43.0 Å². The molecule has 1 aromatic heterocycles. The van der Waals surface area contributed by atoms with Gasteiger partial charge in [0.25, 0.3) is 0 Å². The summed E-state index contributed by atoms with van der Waals surface area (Å²) in [7, 11) is 2.01. The van der Waals surface area contributed by atoms with Gasteiger partial charge in [-0.2, -0.15) is 0 Å². The first-order chi connectivity index (χ1) is 9.63. The molecule has 108 valence electrons. The summed E-state index contributed by atoms with van der Waals surface area (Å²) in [5, 5.41) is 12.8. The molecule has 0 fully saturated rings. The number of hydrogen-bond acceptors (Lipinski definition) is 4. The molecule has 0 saturated carbocycles. The molecule has 1 heterocycles. The molecule has 20 heavy (non-hydrogen) atoms. The maximum atomic E-state index is 4.21. The summed E-state index contributed by atoms with van der Waals surface area (Å²) in [6.45, 7) is 7.23. The van der Waals surface area contributed by atoms with Crippen molar-refractivity contribution in [2.24, 2.45) is 7.05 Å². The third-order valence-corrected chi connectivity index (χ3v) is 4.56. The van der Waals surface area contributed by atoms with Gasteiger partial charge >= 0.3 is 0 Å². The standard InChI is InChI=1S/C15H22N4S/c1-5-16-14(13-9-7-6-8-11(13)2)10-20-15-18-17-12(3)19(15)4/h6-9,14,16H,5,10H2,1-4H3. The van der Waals surface area contributed by atoms with E-state index in [-0.39, 0.29) is 0 Å². The molecule has 2 aromatic rings. The third-order valence-electron chi connectivity index (χ3n) is 3.45. The number of rotatable bonds is 6. The predicted octanol–water partition coefficient (Wildman–Crippen LogP) is 2.87. The largest absolute Gasteiger partial charge is 0.309 e. The Hall–Kier alpha value is -1.33. The van der Waals surface area contributed by atoms with E-state index in [0.29, 0.717) is 6.04 Å². The first kappa shape index (κ1) is 15.1. The number of hydrogen-bond donors (Lipinski definition) is 1. The molecule has 0 aliphatic carbocycles. The van der Waals surface area contributed by atoms with Gasteiger partial charge in [-0.15, -0.1) is 10.2 Å². The van der Waals surface area contributed by atoms with Crippen LogP contribution in [-0.2, 0) is 7.05 Å². The molecule has 2 rings (SSSR count). The summed E-state index contributed by atoms with van der Waals surface area (Å²) < 4.78 is 2.03. The van der Waals surface area contributed by atoms with Crippen molar-refractivity contribution >= 4 is 11.8 Å². The second-order valence-corrected chi connectivity index (χ2v) is 5.85. The molecule has 0 radical (unpaired) electrons. The highest BCUT2D eigenvalue weighted by Crippen LogP contribution is 2.25. The minimum absolute atomic E-state index is 0.336. The monoisotopic (exact) mass is 290 g/mol. The lowest BCUT2D eigenvalue weighted by atomic mass is 10.0. The Balaban J connectivity index is 2.10. The first-order valence-corrected chi connectivity index (χ1v) is 7.89. The minimum Gasteiger partial charge on any atom is -0.309 e. The molecule has 0 amide bonds. The van der Waals surface area contributed by atoms with E-state index < -0.39 is 0 Å². The maximum absolute atomic E-state index is 4.21. The van der Waals surface area contributed by atoms with Crippen LogP contribution in [0.1, 0.15) is 29.9 Å². The van der Waals surface area contributed by atoms with Crippen molar-refractivity contribution in [3.8, 4) is 0 Å². The molecule has 1 aromatic carbocycles. The Kier molecular flexibility index (Phi) is 5.20. The second kappa shape index (κ2) is 6.90. The Morgan fingerprint density at radius 1 is 1.25 bits per heavy atom.